The molecule has 1 aromatic heterocycles. The number of benzene rings is 2. The maximum Gasteiger partial charge on any atom is 0.427 e. The molecule has 214 valence electrons. The number of hydrogen-bond donors (Lipinski definition) is 2. The van der Waals surface area contributed by atoms with Gasteiger partial charge in [-0.05, 0) is 68.4 Å². The number of ether oxygens (including phenoxy) is 2. The quantitative estimate of drug-likeness (QED) is 0.385. The van der Waals surface area contributed by atoms with Crippen LogP contribution in [0.25, 0.3) is 0 Å². The van der Waals surface area contributed by atoms with Crippen molar-refractivity contribution in [1.82, 2.24) is 5.32 Å². The molecule has 0 radical (unpaired) electrons. The van der Waals surface area contributed by atoms with Gasteiger partial charge in [-0.2, -0.15) is 13.2 Å². The van der Waals surface area contributed by atoms with Gasteiger partial charge in [-0.1, -0.05) is 0 Å². The Kier molecular flexibility index (Phi) is 7.70. The molecule has 10 nitrogen and oxygen atoms in total. The minimum Gasteiger partial charge on any atom is -0.484 e. The number of halogens is 4. The van der Waals surface area contributed by atoms with Crippen LogP contribution in [0.2, 0.25) is 0 Å². The summed E-state index contributed by atoms with van der Waals surface area (Å²) >= 11 is 0. The molecule has 40 heavy (non-hydrogen) atoms. The maximum absolute atomic E-state index is 13.6. The Balaban J connectivity index is 1.62. The number of sulfonamides is 1. The van der Waals surface area contributed by atoms with Gasteiger partial charge >= 0.3 is 12.3 Å². The van der Waals surface area contributed by atoms with Crippen LogP contribution in [0.3, 0.4) is 0 Å². The van der Waals surface area contributed by atoms with Crippen LogP contribution in [-0.2, 0) is 14.8 Å². The van der Waals surface area contributed by atoms with Gasteiger partial charge in [-0.3, -0.25) is 14.4 Å². The molecule has 0 saturated carbocycles. The molecule has 0 spiro atoms. The third-order valence-corrected chi connectivity index (χ3v) is 7.60. The molecular weight excluding hydrogens is 562 g/mol. The lowest BCUT2D eigenvalue weighted by Crippen LogP contribution is -2.48. The fraction of sp³-hybridized carbons (Fsp3) is 0.280. The summed E-state index contributed by atoms with van der Waals surface area (Å²) < 4.78 is 96.3. The van der Waals surface area contributed by atoms with Crippen molar-refractivity contribution in [2.45, 2.75) is 36.6 Å². The number of amides is 2. The third kappa shape index (κ3) is 6.14. The van der Waals surface area contributed by atoms with Crippen molar-refractivity contribution in [3.05, 3.63) is 72.4 Å². The Morgan fingerprint density at radius 1 is 1.10 bits per heavy atom. The van der Waals surface area contributed by atoms with E-state index in [1.165, 1.54) is 36.6 Å². The molecule has 2 aromatic carbocycles. The first-order chi connectivity index (χ1) is 18.7. The first-order valence-corrected chi connectivity index (χ1v) is 13.1. The summed E-state index contributed by atoms with van der Waals surface area (Å²) in [5.74, 6) is -1.16. The molecule has 2 heterocycles. The van der Waals surface area contributed by atoms with Crippen molar-refractivity contribution in [2.24, 2.45) is 0 Å². The average molecular weight is 586 g/mol. The molecule has 2 amide bonds. The van der Waals surface area contributed by atoms with Gasteiger partial charge in [0.15, 0.2) is 5.76 Å². The topological polar surface area (TPSA) is 127 Å². The van der Waals surface area contributed by atoms with Crippen LogP contribution in [0.15, 0.2) is 70.2 Å². The van der Waals surface area contributed by atoms with Crippen molar-refractivity contribution in [3.8, 4) is 5.75 Å². The molecule has 0 bridgehead atoms. The zero-order valence-electron chi connectivity index (χ0n) is 21.0. The Morgan fingerprint density at radius 2 is 1.80 bits per heavy atom. The van der Waals surface area contributed by atoms with Crippen molar-refractivity contribution in [3.63, 3.8) is 0 Å². The largest absolute Gasteiger partial charge is 0.484 e. The SMILES string of the molecule is CC(C)(OC(=O)Nc1ccc2c(c1)N(S(=O)(=O)c1ccc(F)cc1)CC(CNC(=O)c1ccco1)O2)C(F)(F)F. The normalized spacial score (nSPS) is 15.6. The van der Waals surface area contributed by atoms with Gasteiger partial charge in [-0.15, -0.1) is 0 Å². The summed E-state index contributed by atoms with van der Waals surface area (Å²) in [5, 5.41) is 4.73. The summed E-state index contributed by atoms with van der Waals surface area (Å²) in [6.07, 6.45) is -5.84. The minimum absolute atomic E-state index is 0.0308. The Bertz CT molecular complexity index is 1490. The van der Waals surface area contributed by atoms with Gasteiger partial charge in [0.25, 0.3) is 15.9 Å². The maximum atomic E-state index is 13.6. The van der Waals surface area contributed by atoms with E-state index < -0.39 is 45.7 Å². The van der Waals surface area contributed by atoms with Gasteiger partial charge in [0.05, 0.1) is 29.9 Å². The number of fused-ring (bicyclic) bond motifs is 1. The molecule has 1 atom stereocenters. The number of anilines is 2. The zero-order chi connectivity index (χ0) is 29.3. The van der Waals surface area contributed by atoms with E-state index in [1.54, 1.807) is 0 Å². The van der Waals surface area contributed by atoms with E-state index in [2.05, 4.69) is 15.4 Å². The molecular formula is C25H23F4N3O7S. The molecule has 0 aliphatic carbocycles. The summed E-state index contributed by atoms with van der Waals surface area (Å²) in [5.41, 5.74) is -2.94. The van der Waals surface area contributed by atoms with Crippen molar-refractivity contribution >= 4 is 33.4 Å². The fourth-order valence-corrected chi connectivity index (χ4v) is 5.09. The Labute approximate surface area is 225 Å². The number of carbonyl (C=O) groups excluding carboxylic acids is 2. The Hall–Kier alpha value is -4.27. The summed E-state index contributed by atoms with van der Waals surface area (Å²) in [7, 11) is -4.34. The second-order valence-electron chi connectivity index (χ2n) is 9.12. The second kappa shape index (κ2) is 10.7. The van der Waals surface area contributed by atoms with Gasteiger partial charge in [0.1, 0.15) is 17.7 Å². The van der Waals surface area contributed by atoms with Crippen LogP contribution >= 0.6 is 0 Å². The van der Waals surface area contributed by atoms with E-state index in [9.17, 15) is 35.6 Å². The minimum atomic E-state index is -4.84. The molecule has 15 heteroatoms. The van der Waals surface area contributed by atoms with Crippen molar-refractivity contribution in [2.75, 3.05) is 22.7 Å². The lowest BCUT2D eigenvalue weighted by atomic mass is 10.1. The van der Waals surface area contributed by atoms with Crippen LogP contribution in [0.4, 0.5) is 33.7 Å². The molecule has 0 fully saturated rings. The van der Waals surface area contributed by atoms with E-state index in [-0.39, 0.29) is 40.9 Å². The highest BCUT2D eigenvalue weighted by Gasteiger charge is 2.51. The molecule has 0 saturated heterocycles. The molecule has 4 rings (SSSR count). The molecule has 1 aliphatic rings. The molecule has 3 aromatic rings. The van der Waals surface area contributed by atoms with Gasteiger partial charge in [0, 0.05) is 5.69 Å². The number of hydrogen-bond acceptors (Lipinski definition) is 7. The third-order valence-electron chi connectivity index (χ3n) is 5.80. The van der Waals surface area contributed by atoms with Crippen LogP contribution in [0.1, 0.15) is 24.4 Å². The van der Waals surface area contributed by atoms with E-state index in [1.807, 2.05) is 0 Å². The number of alkyl halides is 3. The predicted octanol–water partition coefficient (Wildman–Crippen LogP) is 4.69. The number of rotatable bonds is 7. The van der Waals surface area contributed by atoms with Gasteiger partial charge in [0.2, 0.25) is 5.60 Å². The van der Waals surface area contributed by atoms with Crippen molar-refractivity contribution < 1.29 is 49.5 Å². The first kappa shape index (κ1) is 28.7. The van der Waals surface area contributed by atoms with Crippen molar-refractivity contribution in [1.29, 1.82) is 0 Å². The summed E-state index contributed by atoms with van der Waals surface area (Å²) in [4.78, 5) is 24.2. The molecule has 2 N–H and O–H groups in total. The first-order valence-electron chi connectivity index (χ1n) is 11.6. The van der Waals surface area contributed by atoms with E-state index >= 15 is 0 Å². The zero-order valence-corrected chi connectivity index (χ0v) is 21.8. The monoisotopic (exact) mass is 585 g/mol. The Morgan fingerprint density at radius 3 is 2.42 bits per heavy atom. The van der Waals surface area contributed by atoms with Crippen LogP contribution < -0.4 is 19.7 Å². The number of carbonyl (C=O) groups is 2. The second-order valence-corrected chi connectivity index (χ2v) is 11.0. The van der Waals surface area contributed by atoms with E-state index in [0.717, 1.165) is 28.6 Å². The highest BCUT2D eigenvalue weighted by Crippen LogP contribution is 2.39. The lowest BCUT2D eigenvalue weighted by Gasteiger charge is -2.35. The summed E-state index contributed by atoms with van der Waals surface area (Å²) in [6, 6.07) is 10.8. The number of nitrogens with zero attached hydrogens (tertiary/aromatic N) is 1. The number of nitrogens with one attached hydrogen (secondary N) is 2. The fourth-order valence-electron chi connectivity index (χ4n) is 3.59. The molecule has 1 unspecified atom stereocenters. The lowest BCUT2D eigenvalue weighted by molar-refractivity contribution is -0.242. The highest BCUT2D eigenvalue weighted by atomic mass is 32.2. The van der Waals surface area contributed by atoms with Crippen LogP contribution in [0.5, 0.6) is 5.75 Å². The van der Waals surface area contributed by atoms with E-state index in [4.69, 9.17) is 9.15 Å². The van der Waals surface area contributed by atoms with Gasteiger partial charge in [-0.25, -0.2) is 17.6 Å². The molecule has 1 aliphatic heterocycles. The smallest absolute Gasteiger partial charge is 0.427 e. The van der Waals surface area contributed by atoms with Gasteiger partial charge < -0.3 is 19.2 Å². The van der Waals surface area contributed by atoms with Crippen LogP contribution in [-0.4, -0.2) is 51.4 Å². The number of furan rings is 1. The van der Waals surface area contributed by atoms with Crippen LogP contribution in [0, 0.1) is 5.82 Å². The predicted molar refractivity (Wildman–Crippen MR) is 133 cm³/mol. The average Bonchev–Trinajstić information content (AvgIpc) is 3.41. The standard InChI is InChI=1S/C25H23F4N3O7S/c1-24(2,25(27,28)29)39-23(34)31-16-7-10-20-19(12-16)32(40(35,36)18-8-5-15(26)6-9-18)14-17(38-20)13-30-22(33)21-4-3-11-37-21/h3-12,17H,13-14H2,1-2H3,(H,30,33)(H,31,34). The highest BCUT2D eigenvalue weighted by molar-refractivity contribution is 7.92. The summed E-state index contributed by atoms with van der Waals surface area (Å²) in [6.45, 7) is 0.900. The van der Waals surface area contributed by atoms with E-state index in [0.29, 0.717) is 13.8 Å².